The van der Waals surface area contributed by atoms with Crippen LogP contribution < -0.4 is 4.90 Å². The summed E-state index contributed by atoms with van der Waals surface area (Å²) in [5, 5.41) is 19.4. The van der Waals surface area contributed by atoms with Gasteiger partial charge in [0.25, 0.3) is 0 Å². The first-order chi connectivity index (χ1) is 10.8. The molecule has 1 aromatic carbocycles. The van der Waals surface area contributed by atoms with Gasteiger partial charge in [-0.2, -0.15) is 5.26 Å². The van der Waals surface area contributed by atoms with E-state index in [1.807, 2.05) is 18.2 Å². The summed E-state index contributed by atoms with van der Waals surface area (Å²) in [6, 6.07) is 15.9. The number of aliphatic hydroxyl groups is 1. The zero-order valence-corrected chi connectivity index (χ0v) is 12.4. The van der Waals surface area contributed by atoms with E-state index in [1.54, 1.807) is 18.3 Å². The lowest BCUT2D eigenvalue weighted by Crippen LogP contribution is -2.49. The number of hydrogen-bond acceptors (Lipinski definition) is 4. The lowest BCUT2D eigenvalue weighted by molar-refractivity contribution is 0.172. The zero-order chi connectivity index (χ0) is 15.4. The van der Waals surface area contributed by atoms with Gasteiger partial charge in [0, 0.05) is 24.7 Å². The van der Waals surface area contributed by atoms with Gasteiger partial charge >= 0.3 is 0 Å². The van der Waals surface area contributed by atoms with Crippen LogP contribution in [-0.2, 0) is 5.41 Å². The molecule has 0 unspecified atom stereocenters. The monoisotopic (exact) mass is 293 g/mol. The molecule has 112 valence electrons. The fraction of sp³-hybridized carbons (Fsp3) is 0.333. The topological polar surface area (TPSA) is 60.2 Å². The molecule has 1 saturated heterocycles. The van der Waals surface area contributed by atoms with E-state index in [4.69, 9.17) is 0 Å². The standard InChI is InChI=1S/C18H19N3O/c19-12-15-6-4-10-20-17(15)21-11-5-9-18(13-21,14-22)16-7-2-1-3-8-16/h1-4,6-8,10,22H,5,9,11,13-14H2/t18-/m0/s1. The Morgan fingerprint density at radius 2 is 2.05 bits per heavy atom. The quantitative estimate of drug-likeness (QED) is 0.944. The second kappa shape index (κ2) is 6.17. The van der Waals surface area contributed by atoms with Crippen molar-refractivity contribution in [3.05, 3.63) is 59.8 Å². The summed E-state index contributed by atoms with van der Waals surface area (Å²) in [6.45, 7) is 1.64. The Labute approximate surface area is 130 Å². The molecule has 0 amide bonds. The normalized spacial score (nSPS) is 21.4. The van der Waals surface area contributed by atoms with Crippen molar-refractivity contribution in [3.8, 4) is 6.07 Å². The molecule has 1 fully saturated rings. The highest BCUT2D eigenvalue weighted by Crippen LogP contribution is 2.35. The van der Waals surface area contributed by atoms with Crippen LogP contribution in [0, 0.1) is 11.3 Å². The maximum absolute atomic E-state index is 10.1. The van der Waals surface area contributed by atoms with Crippen LogP contribution in [0.2, 0.25) is 0 Å². The van der Waals surface area contributed by atoms with Crippen LogP contribution in [0.3, 0.4) is 0 Å². The van der Waals surface area contributed by atoms with Crippen molar-refractivity contribution in [3.63, 3.8) is 0 Å². The predicted octanol–water partition coefficient (Wildman–Crippen LogP) is 2.48. The van der Waals surface area contributed by atoms with Crippen LogP contribution in [0.25, 0.3) is 0 Å². The number of rotatable bonds is 3. The van der Waals surface area contributed by atoms with Gasteiger partial charge in [0.05, 0.1) is 12.2 Å². The molecule has 1 aliphatic rings. The molecular weight excluding hydrogens is 274 g/mol. The summed E-state index contributed by atoms with van der Waals surface area (Å²) < 4.78 is 0. The van der Waals surface area contributed by atoms with Gasteiger partial charge < -0.3 is 10.0 Å². The van der Waals surface area contributed by atoms with E-state index >= 15 is 0 Å². The molecule has 22 heavy (non-hydrogen) atoms. The minimum atomic E-state index is -0.288. The van der Waals surface area contributed by atoms with Gasteiger partial charge in [-0.15, -0.1) is 0 Å². The van der Waals surface area contributed by atoms with Gasteiger partial charge in [-0.3, -0.25) is 0 Å². The fourth-order valence-electron chi connectivity index (χ4n) is 3.30. The molecule has 1 aromatic heterocycles. The van der Waals surface area contributed by atoms with Gasteiger partial charge in [0.1, 0.15) is 11.9 Å². The van der Waals surface area contributed by atoms with Crippen molar-refractivity contribution >= 4 is 5.82 Å². The molecule has 0 bridgehead atoms. The summed E-state index contributed by atoms with van der Waals surface area (Å²) in [7, 11) is 0. The van der Waals surface area contributed by atoms with E-state index in [1.165, 1.54) is 0 Å². The maximum Gasteiger partial charge on any atom is 0.146 e. The first kappa shape index (κ1) is 14.6. The number of pyridine rings is 1. The summed E-state index contributed by atoms with van der Waals surface area (Å²) in [6.07, 6.45) is 3.63. The number of aliphatic hydroxyl groups excluding tert-OH is 1. The third-order valence-electron chi connectivity index (χ3n) is 4.47. The van der Waals surface area contributed by atoms with Crippen LogP contribution in [0.1, 0.15) is 24.0 Å². The highest BCUT2D eigenvalue weighted by atomic mass is 16.3. The number of nitrogens with zero attached hydrogens (tertiary/aromatic N) is 3. The Balaban J connectivity index is 1.95. The Morgan fingerprint density at radius 3 is 2.77 bits per heavy atom. The smallest absolute Gasteiger partial charge is 0.146 e. The molecule has 2 heterocycles. The molecular formula is C18H19N3O. The number of benzene rings is 1. The van der Waals surface area contributed by atoms with Gasteiger partial charge in [-0.25, -0.2) is 4.98 Å². The molecule has 3 rings (SSSR count). The Morgan fingerprint density at radius 1 is 1.23 bits per heavy atom. The SMILES string of the molecule is N#Cc1cccnc1N1CCC[C@](CO)(c2ccccc2)C1. The lowest BCUT2D eigenvalue weighted by Gasteiger charge is -2.43. The average molecular weight is 293 g/mol. The molecule has 4 heteroatoms. The number of piperidine rings is 1. The van der Waals surface area contributed by atoms with Crippen molar-refractivity contribution < 1.29 is 5.11 Å². The summed E-state index contributed by atoms with van der Waals surface area (Å²) in [5.74, 6) is 0.721. The second-order valence-electron chi connectivity index (χ2n) is 5.82. The molecule has 2 aromatic rings. The average Bonchev–Trinajstić information content (AvgIpc) is 2.62. The second-order valence-corrected chi connectivity index (χ2v) is 5.82. The minimum absolute atomic E-state index is 0.0994. The van der Waals surface area contributed by atoms with E-state index in [2.05, 4.69) is 28.1 Å². The maximum atomic E-state index is 10.1. The van der Waals surface area contributed by atoms with Crippen molar-refractivity contribution in [1.82, 2.24) is 4.98 Å². The van der Waals surface area contributed by atoms with E-state index in [0.29, 0.717) is 12.1 Å². The molecule has 0 saturated carbocycles. The molecule has 0 spiro atoms. The Kier molecular flexibility index (Phi) is 4.08. The third kappa shape index (κ3) is 2.56. The third-order valence-corrected chi connectivity index (χ3v) is 4.47. The number of anilines is 1. The molecule has 4 nitrogen and oxygen atoms in total. The first-order valence-corrected chi connectivity index (χ1v) is 7.55. The van der Waals surface area contributed by atoms with Crippen LogP contribution in [0.5, 0.6) is 0 Å². The summed E-state index contributed by atoms with van der Waals surface area (Å²) in [5.41, 5.74) is 1.45. The van der Waals surface area contributed by atoms with Crippen molar-refractivity contribution in [2.75, 3.05) is 24.6 Å². The molecule has 1 aliphatic heterocycles. The van der Waals surface area contributed by atoms with Crippen molar-refractivity contribution in [2.45, 2.75) is 18.3 Å². The van der Waals surface area contributed by atoms with Gasteiger partial charge in [-0.05, 0) is 30.5 Å². The van der Waals surface area contributed by atoms with E-state index < -0.39 is 0 Å². The first-order valence-electron chi connectivity index (χ1n) is 7.55. The highest BCUT2D eigenvalue weighted by molar-refractivity contribution is 5.54. The fourth-order valence-corrected chi connectivity index (χ4v) is 3.30. The largest absolute Gasteiger partial charge is 0.395 e. The lowest BCUT2D eigenvalue weighted by atomic mass is 9.74. The predicted molar refractivity (Wildman–Crippen MR) is 85.6 cm³/mol. The van der Waals surface area contributed by atoms with Gasteiger partial charge in [-0.1, -0.05) is 30.3 Å². The van der Waals surface area contributed by atoms with E-state index in [9.17, 15) is 10.4 Å². The number of aromatic nitrogens is 1. The molecule has 1 atom stereocenters. The van der Waals surface area contributed by atoms with Crippen LogP contribution in [0.15, 0.2) is 48.7 Å². The van der Waals surface area contributed by atoms with Gasteiger partial charge in [0.15, 0.2) is 0 Å². The van der Waals surface area contributed by atoms with Gasteiger partial charge in [0.2, 0.25) is 0 Å². The minimum Gasteiger partial charge on any atom is -0.395 e. The van der Waals surface area contributed by atoms with Crippen molar-refractivity contribution in [2.24, 2.45) is 0 Å². The Hall–Kier alpha value is -2.38. The van der Waals surface area contributed by atoms with Crippen molar-refractivity contribution in [1.29, 1.82) is 5.26 Å². The van der Waals surface area contributed by atoms with E-state index in [-0.39, 0.29) is 12.0 Å². The van der Waals surface area contributed by atoms with Crippen LogP contribution in [0.4, 0.5) is 5.82 Å². The summed E-state index contributed by atoms with van der Waals surface area (Å²) in [4.78, 5) is 6.52. The molecule has 1 N–H and O–H groups in total. The number of nitriles is 1. The Bertz CT molecular complexity index is 680. The highest BCUT2D eigenvalue weighted by Gasteiger charge is 2.37. The van der Waals surface area contributed by atoms with Crippen LogP contribution in [-0.4, -0.2) is 29.8 Å². The van der Waals surface area contributed by atoms with E-state index in [0.717, 1.165) is 30.8 Å². The molecule has 0 aliphatic carbocycles. The molecule has 0 radical (unpaired) electrons. The van der Waals surface area contributed by atoms with Crippen LogP contribution >= 0.6 is 0 Å². The summed E-state index contributed by atoms with van der Waals surface area (Å²) >= 11 is 0. The zero-order valence-electron chi connectivity index (χ0n) is 12.4. The number of hydrogen-bond donors (Lipinski definition) is 1.